The fourth-order valence-electron chi connectivity index (χ4n) is 1.47. The van der Waals surface area contributed by atoms with Crippen molar-refractivity contribution in [3.63, 3.8) is 0 Å². The van der Waals surface area contributed by atoms with Gasteiger partial charge in [0.1, 0.15) is 5.82 Å². The topological polar surface area (TPSA) is 12.0 Å². The average molecular weight is 241 g/mol. The Hall–Kier alpha value is -0.540. The smallest absolute Gasteiger partial charge is 0.123 e. The summed E-state index contributed by atoms with van der Waals surface area (Å²) in [5.74, 6) is 1.47. The highest BCUT2D eigenvalue weighted by molar-refractivity contribution is 7.99. The maximum Gasteiger partial charge on any atom is 0.123 e. The molecular weight excluding hydrogens is 221 g/mol. The Kier molecular flexibility index (Phi) is 5.85. The monoisotopic (exact) mass is 241 g/mol. The van der Waals surface area contributed by atoms with E-state index < -0.39 is 0 Å². The number of hydrogen-bond acceptors (Lipinski definition) is 2. The SMILES string of the molecule is CCNC(CSc1ccc(F)cc1)C(C)C. The van der Waals surface area contributed by atoms with Crippen molar-refractivity contribution in [1.29, 1.82) is 0 Å². The molecule has 16 heavy (non-hydrogen) atoms. The highest BCUT2D eigenvalue weighted by atomic mass is 32.2. The molecule has 1 aromatic rings. The number of benzene rings is 1. The van der Waals surface area contributed by atoms with Crippen LogP contribution in [0, 0.1) is 11.7 Å². The lowest BCUT2D eigenvalue weighted by atomic mass is 10.1. The molecule has 0 bridgehead atoms. The molecular formula is C13H20FNS. The van der Waals surface area contributed by atoms with Gasteiger partial charge in [0.2, 0.25) is 0 Å². The summed E-state index contributed by atoms with van der Waals surface area (Å²) in [4.78, 5) is 1.13. The van der Waals surface area contributed by atoms with Crippen molar-refractivity contribution in [2.75, 3.05) is 12.3 Å². The van der Waals surface area contributed by atoms with Crippen LogP contribution in [-0.4, -0.2) is 18.3 Å². The van der Waals surface area contributed by atoms with Crippen LogP contribution in [0.1, 0.15) is 20.8 Å². The molecule has 1 unspecified atom stereocenters. The lowest BCUT2D eigenvalue weighted by molar-refractivity contribution is 0.443. The summed E-state index contributed by atoms with van der Waals surface area (Å²) >= 11 is 1.78. The summed E-state index contributed by atoms with van der Waals surface area (Å²) in [6, 6.07) is 7.21. The first-order valence-corrected chi connectivity index (χ1v) is 6.73. The first-order valence-electron chi connectivity index (χ1n) is 5.75. The quantitative estimate of drug-likeness (QED) is 0.764. The minimum Gasteiger partial charge on any atom is -0.313 e. The predicted octanol–water partition coefficient (Wildman–Crippen LogP) is 3.55. The molecule has 90 valence electrons. The van der Waals surface area contributed by atoms with E-state index in [9.17, 15) is 4.39 Å². The van der Waals surface area contributed by atoms with Crippen LogP contribution in [0.3, 0.4) is 0 Å². The van der Waals surface area contributed by atoms with Crippen molar-refractivity contribution >= 4 is 11.8 Å². The third-order valence-electron chi connectivity index (χ3n) is 2.51. The van der Waals surface area contributed by atoms with Gasteiger partial charge in [-0.1, -0.05) is 20.8 Å². The third kappa shape index (κ3) is 4.54. The van der Waals surface area contributed by atoms with Crippen LogP contribution in [0.5, 0.6) is 0 Å². The van der Waals surface area contributed by atoms with Crippen molar-refractivity contribution in [2.45, 2.75) is 31.7 Å². The number of rotatable bonds is 6. The van der Waals surface area contributed by atoms with Crippen LogP contribution in [0.25, 0.3) is 0 Å². The molecule has 0 fully saturated rings. The van der Waals surface area contributed by atoms with Gasteiger partial charge in [0.15, 0.2) is 0 Å². The molecule has 1 aromatic carbocycles. The lowest BCUT2D eigenvalue weighted by Gasteiger charge is -2.21. The van der Waals surface area contributed by atoms with Crippen molar-refractivity contribution in [2.24, 2.45) is 5.92 Å². The highest BCUT2D eigenvalue weighted by Crippen LogP contribution is 2.20. The fraction of sp³-hybridized carbons (Fsp3) is 0.538. The molecule has 0 spiro atoms. The van der Waals surface area contributed by atoms with E-state index in [1.165, 1.54) is 12.1 Å². The third-order valence-corrected chi connectivity index (χ3v) is 3.65. The molecule has 0 saturated carbocycles. The van der Waals surface area contributed by atoms with Crippen LogP contribution < -0.4 is 5.32 Å². The molecule has 1 rings (SSSR count). The van der Waals surface area contributed by atoms with Crippen molar-refractivity contribution in [3.8, 4) is 0 Å². The van der Waals surface area contributed by atoms with E-state index in [-0.39, 0.29) is 5.82 Å². The zero-order valence-electron chi connectivity index (χ0n) is 10.2. The number of hydrogen-bond donors (Lipinski definition) is 1. The van der Waals surface area contributed by atoms with Gasteiger partial charge in [-0.05, 0) is 36.7 Å². The van der Waals surface area contributed by atoms with Crippen molar-refractivity contribution < 1.29 is 4.39 Å². The first-order chi connectivity index (χ1) is 7.63. The normalized spacial score (nSPS) is 13.1. The fourth-order valence-corrected chi connectivity index (χ4v) is 2.67. The summed E-state index contributed by atoms with van der Waals surface area (Å²) in [6.45, 7) is 7.56. The Labute approximate surface area is 102 Å². The van der Waals surface area contributed by atoms with Gasteiger partial charge in [-0.15, -0.1) is 11.8 Å². The van der Waals surface area contributed by atoms with Crippen LogP contribution in [0.2, 0.25) is 0 Å². The van der Waals surface area contributed by atoms with Crippen LogP contribution in [-0.2, 0) is 0 Å². The Morgan fingerprint density at radius 2 is 1.88 bits per heavy atom. The molecule has 0 saturated heterocycles. The number of halogens is 1. The zero-order chi connectivity index (χ0) is 12.0. The minimum absolute atomic E-state index is 0.170. The summed E-state index contributed by atoms with van der Waals surface area (Å²) in [5, 5.41) is 3.47. The van der Waals surface area contributed by atoms with Crippen LogP contribution >= 0.6 is 11.8 Å². The Morgan fingerprint density at radius 1 is 1.25 bits per heavy atom. The van der Waals surface area contributed by atoms with E-state index >= 15 is 0 Å². The Morgan fingerprint density at radius 3 is 2.38 bits per heavy atom. The van der Waals surface area contributed by atoms with E-state index in [4.69, 9.17) is 0 Å². The molecule has 0 aliphatic rings. The van der Waals surface area contributed by atoms with Crippen molar-refractivity contribution in [1.82, 2.24) is 5.32 Å². The largest absolute Gasteiger partial charge is 0.313 e. The molecule has 1 N–H and O–H groups in total. The second-order valence-electron chi connectivity index (χ2n) is 4.17. The predicted molar refractivity (Wildman–Crippen MR) is 69.4 cm³/mol. The number of nitrogens with one attached hydrogen (secondary N) is 1. The van der Waals surface area contributed by atoms with Crippen molar-refractivity contribution in [3.05, 3.63) is 30.1 Å². The highest BCUT2D eigenvalue weighted by Gasteiger charge is 2.11. The molecule has 0 amide bonds. The van der Waals surface area contributed by atoms with E-state index in [1.807, 2.05) is 12.1 Å². The zero-order valence-corrected chi connectivity index (χ0v) is 11.0. The maximum atomic E-state index is 12.7. The summed E-state index contributed by atoms with van der Waals surface area (Å²) < 4.78 is 12.7. The second-order valence-corrected chi connectivity index (χ2v) is 5.27. The standard InChI is InChI=1S/C13H20FNS/c1-4-15-13(10(2)3)9-16-12-7-5-11(14)6-8-12/h5-8,10,13,15H,4,9H2,1-3H3. The molecule has 3 heteroatoms. The van der Waals surface area contributed by atoms with Gasteiger partial charge in [0, 0.05) is 16.7 Å². The van der Waals surface area contributed by atoms with Gasteiger partial charge in [-0.2, -0.15) is 0 Å². The lowest BCUT2D eigenvalue weighted by Crippen LogP contribution is -2.35. The maximum absolute atomic E-state index is 12.7. The summed E-state index contributed by atoms with van der Waals surface area (Å²) in [7, 11) is 0. The first kappa shape index (κ1) is 13.5. The molecule has 0 aromatic heterocycles. The molecule has 0 radical (unpaired) electrons. The molecule has 0 aliphatic heterocycles. The van der Waals surface area contributed by atoms with Crippen LogP contribution in [0.15, 0.2) is 29.2 Å². The van der Waals surface area contributed by atoms with E-state index in [1.54, 1.807) is 11.8 Å². The molecule has 0 heterocycles. The van der Waals surface area contributed by atoms with E-state index in [2.05, 4.69) is 26.1 Å². The van der Waals surface area contributed by atoms with E-state index in [0.29, 0.717) is 12.0 Å². The van der Waals surface area contributed by atoms with Gasteiger partial charge >= 0.3 is 0 Å². The molecule has 1 nitrogen and oxygen atoms in total. The second kappa shape index (κ2) is 6.92. The Balaban J connectivity index is 2.45. The minimum atomic E-state index is -0.170. The summed E-state index contributed by atoms with van der Waals surface area (Å²) in [5.41, 5.74) is 0. The van der Waals surface area contributed by atoms with E-state index in [0.717, 1.165) is 17.2 Å². The Bertz CT molecular complexity index is 297. The van der Waals surface area contributed by atoms with Gasteiger partial charge in [0.25, 0.3) is 0 Å². The van der Waals surface area contributed by atoms with Gasteiger partial charge in [-0.3, -0.25) is 0 Å². The molecule has 0 aliphatic carbocycles. The van der Waals surface area contributed by atoms with Gasteiger partial charge < -0.3 is 5.32 Å². The van der Waals surface area contributed by atoms with Gasteiger partial charge in [-0.25, -0.2) is 4.39 Å². The molecule has 1 atom stereocenters. The number of thioether (sulfide) groups is 1. The van der Waals surface area contributed by atoms with Crippen LogP contribution in [0.4, 0.5) is 4.39 Å². The average Bonchev–Trinajstić information content (AvgIpc) is 2.26. The van der Waals surface area contributed by atoms with Gasteiger partial charge in [0.05, 0.1) is 0 Å². The summed E-state index contributed by atoms with van der Waals surface area (Å²) in [6.07, 6.45) is 0.